The number of carbonyl (C=O) groups is 2. The van der Waals surface area contributed by atoms with Crippen molar-refractivity contribution in [2.24, 2.45) is 5.92 Å². The van der Waals surface area contributed by atoms with Crippen molar-refractivity contribution in [3.63, 3.8) is 0 Å². The number of ether oxygens (including phenoxy) is 2. The first kappa shape index (κ1) is 21.4. The van der Waals surface area contributed by atoms with Crippen LogP contribution >= 0.6 is 0 Å². The summed E-state index contributed by atoms with van der Waals surface area (Å²) < 4.78 is 10.5. The molecule has 1 aliphatic heterocycles. The number of benzene rings is 1. The third-order valence-electron chi connectivity index (χ3n) is 5.43. The van der Waals surface area contributed by atoms with Gasteiger partial charge < -0.3 is 19.7 Å². The normalized spacial score (nSPS) is 15.8. The van der Waals surface area contributed by atoms with E-state index in [0.29, 0.717) is 53.8 Å². The van der Waals surface area contributed by atoms with E-state index in [1.165, 1.54) is 0 Å². The molecule has 9 heteroatoms. The maximum Gasteiger partial charge on any atom is 0.271 e. The number of likely N-dealkylation sites (tertiary alicyclic amines) is 1. The quantitative estimate of drug-likeness (QED) is 0.616. The molecule has 32 heavy (non-hydrogen) atoms. The average molecular weight is 435 g/mol. The van der Waals surface area contributed by atoms with E-state index in [1.807, 2.05) is 18.2 Å². The minimum Gasteiger partial charge on any atom is -0.497 e. The Kier molecular flexibility index (Phi) is 6.34. The number of H-pyrrole nitrogens is 1. The molecule has 2 N–H and O–H groups in total. The van der Waals surface area contributed by atoms with Crippen molar-refractivity contribution >= 4 is 17.5 Å². The van der Waals surface area contributed by atoms with E-state index in [1.54, 1.807) is 49.6 Å². The lowest BCUT2D eigenvalue weighted by Gasteiger charge is -2.31. The van der Waals surface area contributed by atoms with E-state index < -0.39 is 0 Å². The number of piperidine rings is 1. The summed E-state index contributed by atoms with van der Waals surface area (Å²) in [5.74, 6) is 0.533. The molecule has 3 heterocycles. The zero-order valence-electron chi connectivity index (χ0n) is 18.0. The van der Waals surface area contributed by atoms with Crippen LogP contribution in [0.3, 0.4) is 0 Å². The predicted octanol–water partition coefficient (Wildman–Crippen LogP) is 2.98. The molecular weight excluding hydrogens is 410 g/mol. The Morgan fingerprint density at radius 2 is 1.88 bits per heavy atom. The second kappa shape index (κ2) is 9.51. The van der Waals surface area contributed by atoms with Gasteiger partial charge in [0, 0.05) is 43.2 Å². The molecular formula is C23H25N5O4. The van der Waals surface area contributed by atoms with Crippen molar-refractivity contribution in [1.82, 2.24) is 20.1 Å². The van der Waals surface area contributed by atoms with Gasteiger partial charge in [-0.15, -0.1) is 0 Å². The number of pyridine rings is 1. The Hall–Kier alpha value is -3.88. The van der Waals surface area contributed by atoms with Gasteiger partial charge >= 0.3 is 0 Å². The van der Waals surface area contributed by atoms with Gasteiger partial charge in [-0.05, 0) is 31.0 Å². The maximum atomic E-state index is 13.0. The summed E-state index contributed by atoms with van der Waals surface area (Å²) in [4.78, 5) is 31.9. The summed E-state index contributed by atoms with van der Waals surface area (Å²) in [6.45, 7) is 0.928. The largest absolute Gasteiger partial charge is 0.497 e. The molecule has 1 fully saturated rings. The molecule has 0 radical (unpaired) electrons. The molecule has 1 aliphatic rings. The molecule has 9 nitrogen and oxygen atoms in total. The summed E-state index contributed by atoms with van der Waals surface area (Å²) in [6, 6.07) is 12.4. The fourth-order valence-corrected chi connectivity index (χ4v) is 3.75. The molecule has 4 rings (SSSR count). The highest BCUT2D eigenvalue weighted by atomic mass is 16.5. The van der Waals surface area contributed by atoms with Gasteiger partial charge in [0.05, 0.1) is 25.8 Å². The van der Waals surface area contributed by atoms with Gasteiger partial charge in [-0.2, -0.15) is 5.10 Å². The second-order valence-electron chi connectivity index (χ2n) is 7.56. The maximum absolute atomic E-state index is 13.0. The highest BCUT2D eigenvalue weighted by molar-refractivity contribution is 5.96. The van der Waals surface area contributed by atoms with Crippen molar-refractivity contribution < 1.29 is 19.1 Å². The van der Waals surface area contributed by atoms with Crippen LogP contribution in [0.15, 0.2) is 48.7 Å². The lowest BCUT2D eigenvalue weighted by atomic mass is 9.96. The number of aromatic amines is 1. The Morgan fingerprint density at radius 1 is 1.09 bits per heavy atom. The molecule has 2 amide bonds. The Balaban J connectivity index is 1.42. The minimum atomic E-state index is -0.317. The van der Waals surface area contributed by atoms with Crippen LogP contribution in [-0.4, -0.2) is 59.2 Å². The summed E-state index contributed by atoms with van der Waals surface area (Å²) in [7, 11) is 3.11. The first-order chi connectivity index (χ1) is 15.6. The highest BCUT2D eigenvalue weighted by Crippen LogP contribution is 2.27. The predicted molar refractivity (Wildman–Crippen MR) is 119 cm³/mol. The van der Waals surface area contributed by atoms with Crippen molar-refractivity contribution in [2.45, 2.75) is 12.8 Å². The molecule has 0 aliphatic carbocycles. The van der Waals surface area contributed by atoms with Crippen LogP contribution in [-0.2, 0) is 4.79 Å². The lowest BCUT2D eigenvalue weighted by molar-refractivity contribution is -0.121. The number of hydrogen-bond acceptors (Lipinski definition) is 6. The Morgan fingerprint density at radius 3 is 2.56 bits per heavy atom. The van der Waals surface area contributed by atoms with E-state index in [0.717, 1.165) is 6.42 Å². The minimum absolute atomic E-state index is 0.142. The topological polar surface area (TPSA) is 109 Å². The zero-order valence-corrected chi connectivity index (χ0v) is 18.0. The van der Waals surface area contributed by atoms with E-state index in [9.17, 15) is 9.59 Å². The summed E-state index contributed by atoms with van der Waals surface area (Å²) in [6.07, 6.45) is 3.13. The van der Waals surface area contributed by atoms with E-state index in [2.05, 4.69) is 20.5 Å². The van der Waals surface area contributed by atoms with Gasteiger partial charge in [0.1, 0.15) is 22.9 Å². The van der Waals surface area contributed by atoms with Crippen molar-refractivity contribution in [3.8, 4) is 22.9 Å². The molecule has 2 aromatic heterocycles. The number of nitrogens with zero attached hydrogens (tertiary/aromatic N) is 3. The number of anilines is 1. The molecule has 166 valence electrons. The first-order valence-corrected chi connectivity index (χ1v) is 10.4. The molecule has 0 bridgehead atoms. The zero-order chi connectivity index (χ0) is 22.5. The number of aromatic nitrogens is 3. The van der Waals surface area contributed by atoms with Gasteiger partial charge in [0.2, 0.25) is 5.91 Å². The van der Waals surface area contributed by atoms with Crippen molar-refractivity contribution in [1.29, 1.82) is 0 Å². The summed E-state index contributed by atoms with van der Waals surface area (Å²) in [5.41, 5.74) is 2.26. The monoisotopic (exact) mass is 435 g/mol. The molecule has 1 atom stereocenters. The van der Waals surface area contributed by atoms with Gasteiger partial charge in [0.25, 0.3) is 5.91 Å². The standard InChI is InChI=1S/C23H25N5O4/c1-31-17-10-16(11-18(12-17)32-2)25-22(29)15-6-5-9-28(14-15)23(30)21-13-20(26-27-21)19-7-3-4-8-24-19/h3-4,7-8,10-13,15H,5-6,9,14H2,1-2H3,(H,25,29)(H,26,27)/t15-/m0/s1. The number of hydrogen-bond donors (Lipinski definition) is 2. The van der Waals surface area contributed by atoms with Crippen LogP contribution in [0.4, 0.5) is 5.69 Å². The van der Waals surface area contributed by atoms with Crippen molar-refractivity contribution in [3.05, 3.63) is 54.4 Å². The van der Waals surface area contributed by atoms with E-state index in [-0.39, 0.29) is 17.7 Å². The third kappa shape index (κ3) is 4.72. The molecule has 0 spiro atoms. The molecule has 1 saturated heterocycles. The number of nitrogens with one attached hydrogen (secondary N) is 2. The second-order valence-corrected chi connectivity index (χ2v) is 7.56. The fraction of sp³-hybridized carbons (Fsp3) is 0.304. The van der Waals surface area contributed by atoms with Crippen LogP contribution in [0, 0.1) is 5.92 Å². The number of amides is 2. The van der Waals surface area contributed by atoms with Crippen LogP contribution in [0.25, 0.3) is 11.4 Å². The number of rotatable bonds is 6. The van der Waals surface area contributed by atoms with Crippen LogP contribution in [0.5, 0.6) is 11.5 Å². The Bertz CT molecular complexity index is 1080. The van der Waals surface area contributed by atoms with Gasteiger partial charge in [-0.3, -0.25) is 19.7 Å². The number of carbonyl (C=O) groups excluding carboxylic acids is 2. The van der Waals surface area contributed by atoms with Crippen LogP contribution in [0.1, 0.15) is 23.3 Å². The van der Waals surface area contributed by atoms with Gasteiger partial charge in [-0.25, -0.2) is 0 Å². The SMILES string of the molecule is COc1cc(NC(=O)[C@H]2CCCN(C(=O)c3cc(-c4ccccn4)n[nH]3)C2)cc(OC)c1. The highest BCUT2D eigenvalue weighted by Gasteiger charge is 2.30. The van der Waals surface area contributed by atoms with Crippen LogP contribution in [0.2, 0.25) is 0 Å². The van der Waals surface area contributed by atoms with Gasteiger partial charge in [-0.1, -0.05) is 6.07 Å². The Labute approximate surface area is 185 Å². The number of methoxy groups -OCH3 is 2. The third-order valence-corrected chi connectivity index (χ3v) is 5.43. The molecule has 0 saturated carbocycles. The summed E-state index contributed by atoms with van der Waals surface area (Å²) in [5, 5.41) is 9.93. The molecule has 0 unspecified atom stereocenters. The van der Waals surface area contributed by atoms with Crippen molar-refractivity contribution in [2.75, 3.05) is 32.6 Å². The fourth-order valence-electron chi connectivity index (χ4n) is 3.75. The first-order valence-electron chi connectivity index (χ1n) is 10.4. The van der Waals surface area contributed by atoms with Gasteiger partial charge in [0.15, 0.2) is 0 Å². The smallest absolute Gasteiger partial charge is 0.271 e. The van der Waals surface area contributed by atoms with E-state index in [4.69, 9.17) is 9.47 Å². The lowest BCUT2D eigenvalue weighted by Crippen LogP contribution is -2.43. The average Bonchev–Trinajstić information content (AvgIpc) is 3.34. The molecule has 1 aromatic carbocycles. The van der Waals surface area contributed by atoms with Crippen LogP contribution < -0.4 is 14.8 Å². The summed E-state index contributed by atoms with van der Waals surface area (Å²) >= 11 is 0. The molecule has 3 aromatic rings. The van der Waals surface area contributed by atoms with E-state index >= 15 is 0 Å².